The van der Waals surface area contributed by atoms with Gasteiger partial charge in [0.2, 0.25) is 0 Å². The smallest absolute Gasteiger partial charge is 0.759 e. The molecule has 10 nitrogen and oxygen atoms in total. The van der Waals surface area contributed by atoms with Crippen molar-refractivity contribution in [2.75, 3.05) is 6.61 Å². The summed E-state index contributed by atoms with van der Waals surface area (Å²) in [6.07, 6.45) is -4.43. The molecule has 0 spiro atoms. The first kappa shape index (κ1) is 39.3. The van der Waals surface area contributed by atoms with E-state index in [9.17, 15) is 4.79 Å². The average molecular weight is 426 g/mol. The van der Waals surface area contributed by atoms with Gasteiger partial charge in [-0.25, -0.2) is 0 Å². The van der Waals surface area contributed by atoms with Crippen LogP contribution in [0.15, 0.2) is 0 Å². The van der Waals surface area contributed by atoms with Crippen molar-refractivity contribution < 1.29 is 146 Å². The zero-order chi connectivity index (χ0) is 14.2. The number of rotatable bonds is 5. The normalized spacial score (nSPS) is 14.8. The number of aliphatic hydroxyl groups is 4. The summed E-state index contributed by atoms with van der Waals surface area (Å²) in [4.78, 5) is 10.0. The molecule has 0 fully saturated rings. The fourth-order valence-electron chi connectivity index (χ4n) is 0.644. The Bertz CT molecular complexity index is 315. The second-order valence-corrected chi connectivity index (χ2v) is 3.67. The Morgan fingerprint density at radius 2 is 1.33 bits per heavy atom. The molecule has 0 heterocycles. The number of hydrogen-bond donors (Lipinski definition) is 5. The van der Waals surface area contributed by atoms with Crippen LogP contribution in [-0.4, -0.2) is 75.2 Å². The minimum Gasteiger partial charge on any atom is -0.759 e. The van der Waals surface area contributed by atoms with Crippen molar-refractivity contribution in [2.45, 2.75) is 24.4 Å². The van der Waals surface area contributed by atoms with Gasteiger partial charge in [-0.15, -0.1) is 24.8 Å². The van der Waals surface area contributed by atoms with Gasteiger partial charge in [0.15, 0.2) is 0 Å². The van der Waals surface area contributed by atoms with Crippen LogP contribution >= 0.6 is 24.8 Å². The van der Waals surface area contributed by atoms with Crippen molar-refractivity contribution >= 4 is 41.5 Å². The Morgan fingerprint density at radius 1 is 1.05 bits per heavy atom. The zero-order valence-corrected chi connectivity index (χ0v) is 19.9. The molecule has 0 unspecified atom stereocenters. The van der Waals surface area contributed by atoms with Crippen molar-refractivity contribution in [2.24, 2.45) is 5.73 Å². The second kappa shape index (κ2) is 21.2. The molecule has 0 aromatic rings. The summed E-state index contributed by atoms with van der Waals surface area (Å²) in [7, 11) is -5.17. The van der Waals surface area contributed by atoms with Gasteiger partial charge in [0.05, 0.1) is 12.6 Å². The van der Waals surface area contributed by atoms with Crippen LogP contribution in [0.3, 0.4) is 0 Å². The van der Waals surface area contributed by atoms with Gasteiger partial charge in [0, 0.05) is 10.4 Å². The van der Waals surface area contributed by atoms with Crippen molar-refractivity contribution in [1.82, 2.24) is 0 Å². The van der Waals surface area contributed by atoms with Gasteiger partial charge < -0.3 is 40.1 Å². The third kappa shape index (κ3) is 28.3. The fraction of sp³-hybridized carbons (Fsp3) is 0.833. The van der Waals surface area contributed by atoms with Crippen LogP contribution in [-0.2, 0) is 15.2 Å². The van der Waals surface area contributed by atoms with Crippen LogP contribution in [0.25, 0.3) is 0 Å². The summed E-state index contributed by atoms with van der Waals surface area (Å²) in [6.45, 7) is -0.705. The fourth-order valence-corrected chi connectivity index (χ4v) is 0.644. The van der Waals surface area contributed by atoms with Gasteiger partial charge in [-0.1, -0.05) is 0 Å². The molecule has 4 atom stereocenters. The Balaban J connectivity index is -0.0000000552. The predicted octanol–water partition coefficient (Wildman–Crippen LogP) is -9.90. The monoisotopic (exact) mass is 425 g/mol. The molecule has 0 bridgehead atoms. The molecule has 15 heteroatoms. The topological polar surface area (TPSA) is 204 Å². The molecule has 0 rings (SSSR count). The summed E-state index contributed by atoms with van der Waals surface area (Å²) in [5.74, 6) is 0. The molecule has 0 aliphatic rings. The first-order valence-corrected chi connectivity index (χ1v) is 5.40. The molecule has 0 saturated carbocycles. The molecule has 21 heavy (non-hydrogen) atoms. The molecule has 0 aromatic carbocycles. The van der Waals surface area contributed by atoms with E-state index in [1.807, 2.05) is 0 Å². The van der Waals surface area contributed by atoms with E-state index >= 15 is 0 Å². The van der Waals surface area contributed by atoms with E-state index in [1.54, 1.807) is 0 Å². The first-order chi connectivity index (χ1) is 7.54. The van der Waals surface area contributed by atoms with Crippen LogP contribution in [0.5, 0.6) is 0 Å². The maximum absolute atomic E-state index is 10.0. The van der Waals surface area contributed by atoms with Crippen LogP contribution in [0.4, 0.5) is 0 Å². The molecular formula is C6H15Cl2K2NO9S. The largest absolute Gasteiger partial charge is 1.00 e. The summed E-state index contributed by atoms with van der Waals surface area (Å²) < 4.78 is 34.1. The minimum atomic E-state index is -5.17. The van der Waals surface area contributed by atoms with Crippen molar-refractivity contribution in [3.8, 4) is 0 Å². The van der Waals surface area contributed by atoms with Crippen molar-refractivity contribution in [1.29, 1.82) is 0 Å². The Kier molecular flexibility index (Phi) is 39.8. The van der Waals surface area contributed by atoms with Gasteiger partial charge in [0.1, 0.15) is 24.6 Å². The number of aliphatic hydroxyl groups excluding tert-OH is 4. The molecule has 0 aliphatic heterocycles. The number of carbonyl (C=O) groups is 1. The van der Waals surface area contributed by atoms with E-state index in [1.165, 1.54) is 0 Å². The van der Waals surface area contributed by atoms with E-state index in [0.29, 0.717) is 0 Å². The summed E-state index contributed by atoms with van der Waals surface area (Å²) in [6, 6.07) is -1.26. The number of halogens is 2. The van der Waals surface area contributed by atoms with Crippen LogP contribution in [0, 0.1) is 0 Å². The van der Waals surface area contributed by atoms with Crippen molar-refractivity contribution in [3.63, 3.8) is 0 Å². The number of aldehydes is 1. The standard InChI is InChI=1S/C6H13NO5.2ClH.2K.H2O4S/c7-3(1-8)5(11)6(12)4(10)2-9;;;;;1-5(2,3)4/h1,3-6,9-12H,2,7H2;2*1H;;;(H2,1,2,3,4)/q;;;2*+1;/p-2/t3-,4+,5+,6+;;;;;/m0...../s1. The Labute approximate surface area is 219 Å². The van der Waals surface area contributed by atoms with Crippen LogP contribution < -0.4 is 109 Å². The quantitative estimate of drug-likeness (QED) is 0.121. The maximum atomic E-state index is 10.0. The average Bonchev–Trinajstić information content (AvgIpc) is 2.22. The van der Waals surface area contributed by atoms with Gasteiger partial charge in [-0.05, 0) is 0 Å². The third-order valence-corrected chi connectivity index (χ3v) is 1.48. The Hall–Kier alpha value is 3.19. The Morgan fingerprint density at radius 3 is 1.52 bits per heavy atom. The number of carbonyl (C=O) groups excluding carboxylic acids is 1. The molecule has 0 saturated heterocycles. The van der Waals surface area contributed by atoms with Gasteiger partial charge in [-0.2, -0.15) is 0 Å². The van der Waals surface area contributed by atoms with Crippen LogP contribution in [0.1, 0.15) is 0 Å². The third-order valence-electron chi connectivity index (χ3n) is 1.48. The number of nitrogens with two attached hydrogens (primary N) is 1. The van der Waals surface area contributed by atoms with E-state index in [0.717, 1.165) is 0 Å². The molecular weight excluding hydrogens is 411 g/mol. The first-order valence-electron chi connectivity index (χ1n) is 4.07. The molecule has 0 amide bonds. The van der Waals surface area contributed by atoms with Gasteiger partial charge in [0.25, 0.3) is 0 Å². The van der Waals surface area contributed by atoms with E-state index in [2.05, 4.69) is 0 Å². The van der Waals surface area contributed by atoms with E-state index < -0.39 is 41.4 Å². The molecule has 0 aromatic heterocycles. The second-order valence-electron chi connectivity index (χ2n) is 2.85. The SMILES string of the molecule is Cl.Cl.N[C@@H](C=O)[C@@H](O)[C@H](O)[C@H](O)CO.O=S(=O)([O-])[O-].[K+].[K+]. The molecule has 6 N–H and O–H groups in total. The minimum absolute atomic E-state index is 0. The number of hydrogen-bond acceptors (Lipinski definition) is 10. The summed E-state index contributed by atoms with van der Waals surface area (Å²) in [5, 5.41) is 35.2. The van der Waals surface area contributed by atoms with E-state index in [-0.39, 0.29) is 134 Å². The molecule has 0 radical (unpaired) electrons. The zero-order valence-electron chi connectivity index (χ0n) is 11.2. The predicted molar refractivity (Wildman–Crippen MR) is 64.1 cm³/mol. The molecule has 120 valence electrons. The van der Waals surface area contributed by atoms with Gasteiger partial charge >= 0.3 is 103 Å². The van der Waals surface area contributed by atoms with E-state index in [4.69, 9.17) is 43.7 Å². The molecule has 0 aliphatic carbocycles. The van der Waals surface area contributed by atoms with Crippen molar-refractivity contribution in [3.05, 3.63) is 0 Å². The van der Waals surface area contributed by atoms with Crippen LogP contribution in [0.2, 0.25) is 0 Å². The summed E-state index contributed by atoms with van der Waals surface area (Å²) >= 11 is 0. The van der Waals surface area contributed by atoms with Gasteiger partial charge in [-0.3, -0.25) is 8.42 Å². The summed E-state index contributed by atoms with van der Waals surface area (Å²) in [5.41, 5.74) is 5.04. The maximum Gasteiger partial charge on any atom is 1.00 e.